The number of anilines is 1. The van der Waals surface area contributed by atoms with Crippen molar-refractivity contribution in [2.24, 2.45) is 10.9 Å². The van der Waals surface area contributed by atoms with Crippen LogP contribution < -0.4 is 10.6 Å². The largest absolute Gasteiger partial charge is 0.409 e. The van der Waals surface area contributed by atoms with Crippen LogP contribution in [0, 0.1) is 6.92 Å². The summed E-state index contributed by atoms with van der Waals surface area (Å²) in [7, 11) is 1.65. The molecule has 0 aliphatic rings. The molecule has 0 aromatic carbocycles. The van der Waals surface area contributed by atoms with Crippen LogP contribution in [0.3, 0.4) is 0 Å². The number of hydrogen-bond acceptors (Lipinski definition) is 6. The highest BCUT2D eigenvalue weighted by Crippen LogP contribution is 2.13. The van der Waals surface area contributed by atoms with E-state index in [0.29, 0.717) is 24.8 Å². The highest BCUT2D eigenvalue weighted by Gasteiger charge is 2.15. The lowest BCUT2D eigenvalue weighted by molar-refractivity contribution is 0.203. The van der Waals surface area contributed by atoms with Gasteiger partial charge in [0.2, 0.25) is 5.95 Å². The smallest absolute Gasteiger partial charge is 0.226 e. The van der Waals surface area contributed by atoms with E-state index in [1.54, 1.807) is 13.2 Å². The molecule has 0 aliphatic heterocycles. The summed E-state index contributed by atoms with van der Waals surface area (Å²) in [5.74, 6) is 0.524. The summed E-state index contributed by atoms with van der Waals surface area (Å²) >= 11 is 0. The Morgan fingerprint density at radius 2 is 2.21 bits per heavy atom. The predicted octanol–water partition coefficient (Wildman–Crippen LogP) is 0.741. The third-order valence-corrected chi connectivity index (χ3v) is 2.63. The summed E-state index contributed by atoms with van der Waals surface area (Å²) in [5, 5.41) is 11.7. The van der Waals surface area contributed by atoms with E-state index < -0.39 is 0 Å². The standard InChI is InChI=1S/C12H21N5O2/c1-8(2)17(5-6-19-4)12-14-9(3)7-10(15-12)11(13)16-18/h7-8,18H,5-6H2,1-4H3,(H2,13,16). The van der Waals surface area contributed by atoms with Gasteiger partial charge >= 0.3 is 0 Å². The molecule has 3 N–H and O–H groups in total. The van der Waals surface area contributed by atoms with Crippen molar-refractivity contribution in [3.05, 3.63) is 17.5 Å². The molecule has 1 aromatic heterocycles. The summed E-state index contributed by atoms with van der Waals surface area (Å²) in [5.41, 5.74) is 6.74. The Bertz CT molecular complexity index is 448. The van der Waals surface area contributed by atoms with Gasteiger partial charge in [0.05, 0.1) is 6.61 Å². The molecule has 0 unspecified atom stereocenters. The van der Waals surface area contributed by atoms with Crippen LogP contribution in [0.25, 0.3) is 0 Å². The second-order valence-electron chi connectivity index (χ2n) is 4.46. The molecule has 0 aliphatic carbocycles. The van der Waals surface area contributed by atoms with Crippen molar-refractivity contribution in [1.29, 1.82) is 0 Å². The van der Waals surface area contributed by atoms with Crippen LogP contribution in [0.1, 0.15) is 25.2 Å². The molecule has 1 rings (SSSR count). The highest BCUT2D eigenvalue weighted by molar-refractivity contribution is 5.95. The molecule has 0 saturated carbocycles. The molecule has 0 bridgehead atoms. The number of amidine groups is 1. The van der Waals surface area contributed by atoms with Crippen molar-refractivity contribution in [2.45, 2.75) is 26.8 Å². The molecule has 7 nitrogen and oxygen atoms in total. The number of ether oxygens (including phenoxy) is 1. The molecule has 0 spiro atoms. The number of aromatic nitrogens is 2. The Kier molecular flexibility index (Phi) is 5.50. The second kappa shape index (κ2) is 6.89. The van der Waals surface area contributed by atoms with Crippen LogP contribution in [0.2, 0.25) is 0 Å². The molecule has 0 fully saturated rings. The zero-order valence-electron chi connectivity index (χ0n) is 11.8. The molecule has 1 heterocycles. The number of aryl methyl sites for hydroxylation is 1. The highest BCUT2D eigenvalue weighted by atomic mass is 16.5. The third-order valence-electron chi connectivity index (χ3n) is 2.63. The maximum Gasteiger partial charge on any atom is 0.226 e. The van der Waals surface area contributed by atoms with E-state index in [4.69, 9.17) is 15.7 Å². The zero-order valence-corrected chi connectivity index (χ0v) is 11.8. The zero-order chi connectivity index (χ0) is 14.4. The molecule has 19 heavy (non-hydrogen) atoms. The van der Waals surface area contributed by atoms with E-state index >= 15 is 0 Å². The van der Waals surface area contributed by atoms with Gasteiger partial charge in [0.15, 0.2) is 5.84 Å². The van der Waals surface area contributed by atoms with E-state index in [-0.39, 0.29) is 11.9 Å². The lowest BCUT2D eigenvalue weighted by Gasteiger charge is -2.26. The van der Waals surface area contributed by atoms with E-state index in [1.807, 2.05) is 25.7 Å². The quantitative estimate of drug-likeness (QED) is 0.341. The van der Waals surface area contributed by atoms with Gasteiger partial charge in [-0.3, -0.25) is 0 Å². The first kappa shape index (κ1) is 15.2. The number of nitrogens with zero attached hydrogens (tertiary/aromatic N) is 4. The van der Waals surface area contributed by atoms with Crippen molar-refractivity contribution < 1.29 is 9.94 Å². The molecule has 1 aromatic rings. The first-order chi connectivity index (χ1) is 8.99. The normalized spacial score (nSPS) is 11.9. The summed E-state index contributed by atoms with van der Waals surface area (Å²) in [6.07, 6.45) is 0. The molecular formula is C12H21N5O2. The average molecular weight is 267 g/mol. The van der Waals surface area contributed by atoms with E-state index in [1.165, 1.54) is 0 Å². The molecule has 0 atom stereocenters. The Labute approximate surface area is 113 Å². The lowest BCUT2D eigenvalue weighted by atomic mass is 10.3. The third kappa shape index (κ3) is 4.06. The number of hydrogen-bond donors (Lipinski definition) is 2. The maximum atomic E-state index is 8.73. The Morgan fingerprint density at radius 1 is 1.53 bits per heavy atom. The van der Waals surface area contributed by atoms with Gasteiger partial charge in [-0.15, -0.1) is 0 Å². The van der Waals surface area contributed by atoms with Crippen molar-refractivity contribution >= 4 is 11.8 Å². The van der Waals surface area contributed by atoms with Gasteiger partial charge in [-0.1, -0.05) is 5.16 Å². The molecule has 106 valence electrons. The summed E-state index contributed by atoms with van der Waals surface area (Å²) in [4.78, 5) is 10.7. The van der Waals surface area contributed by atoms with Crippen LogP contribution >= 0.6 is 0 Å². The van der Waals surface area contributed by atoms with Crippen LogP contribution in [0.15, 0.2) is 11.2 Å². The van der Waals surface area contributed by atoms with E-state index in [0.717, 1.165) is 5.69 Å². The van der Waals surface area contributed by atoms with Crippen LogP contribution in [-0.2, 0) is 4.74 Å². The average Bonchev–Trinajstić information content (AvgIpc) is 2.37. The molecular weight excluding hydrogens is 246 g/mol. The fraction of sp³-hybridized carbons (Fsp3) is 0.583. The number of nitrogens with two attached hydrogens (primary N) is 1. The van der Waals surface area contributed by atoms with Gasteiger partial charge in [-0.2, -0.15) is 0 Å². The minimum absolute atomic E-state index is 0.0257. The van der Waals surface area contributed by atoms with Gasteiger partial charge in [0.25, 0.3) is 0 Å². The molecule has 0 radical (unpaired) electrons. The second-order valence-corrected chi connectivity index (χ2v) is 4.46. The Balaban J connectivity index is 3.12. The lowest BCUT2D eigenvalue weighted by Crippen LogP contribution is -2.36. The van der Waals surface area contributed by atoms with Crippen molar-refractivity contribution in [1.82, 2.24) is 9.97 Å². The minimum atomic E-state index is -0.0257. The van der Waals surface area contributed by atoms with Crippen molar-refractivity contribution in [3.8, 4) is 0 Å². The Hall–Kier alpha value is -1.89. The fourth-order valence-electron chi connectivity index (χ4n) is 1.64. The molecule has 7 heteroatoms. The summed E-state index contributed by atoms with van der Waals surface area (Å²) in [6, 6.07) is 1.89. The van der Waals surface area contributed by atoms with Gasteiger partial charge in [0.1, 0.15) is 5.69 Å². The van der Waals surface area contributed by atoms with Gasteiger partial charge in [0, 0.05) is 25.4 Å². The number of oxime groups is 1. The topological polar surface area (TPSA) is 96.9 Å². The Morgan fingerprint density at radius 3 is 2.74 bits per heavy atom. The first-order valence-corrected chi connectivity index (χ1v) is 6.08. The van der Waals surface area contributed by atoms with Gasteiger partial charge in [-0.25, -0.2) is 9.97 Å². The van der Waals surface area contributed by atoms with Crippen LogP contribution in [-0.4, -0.2) is 47.3 Å². The first-order valence-electron chi connectivity index (χ1n) is 6.08. The summed E-state index contributed by atoms with van der Waals surface area (Å²) in [6.45, 7) is 7.19. The van der Waals surface area contributed by atoms with Crippen molar-refractivity contribution in [2.75, 3.05) is 25.2 Å². The van der Waals surface area contributed by atoms with Crippen LogP contribution in [0.5, 0.6) is 0 Å². The van der Waals surface area contributed by atoms with Gasteiger partial charge in [-0.05, 0) is 26.8 Å². The minimum Gasteiger partial charge on any atom is -0.409 e. The monoisotopic (exact) mass is 267 g/mol. The van der Waals surface area contributed by atoms with Gasteiger partial charge < -0.3 is 20.6 Å². The van der Waals surface area contributed by atoms with Crippen LogP contribution in [0.4, 0.5) is 5.95 Å². The molecule has 0 saturated heterocycles. The number of rotatable bonds is 6. The predicted molar refractivity (Wildman–Crippen MR) is 73.6 cm³/mol. The van der Waals surface area contributed by atoms with Crippen molar-refractivity contribution in [3.63, 3.8) is 0 Å². The molecule has 0 amide bonds. The SMILES string of the molecule is COCCN(c1nc(C)cc(/C(N)=N/O)n1)C(C)C. The fourth-order valence-corrected chi connectivity index (χ4v) is 1.64. The van der Waals surface area contributed by atoms with E-state index in [2.05, 4.69) is 15.1 Å². The maximum absolute atomic E-state index is 8.73. The summed E-state index contributed by atoms with van der Waals surface area (Å²) < 4.78 is 5.09. The number of methoxy groups -OCH3 is 1. The van der Waals surface area contributed by atoms with E-state index in [9.17, 15) is 0 Å².